The third-order valence-corrected chi connectivity index (χ3v) is 2.83. The fourth-order valence-electron chi connectivity index (χ4n) is 1.88. The van der Waals surface area contributed by atoms with Crippen molar-refractivity contribution in [2.75, 3.05) is 6.54 Å². The van der Waals surface area contributed by atoms with Gasteiger partial charge in [0.2, 0.25) is 0 Å². The van der Waals surface area contributed by atoms with Gasteiger partial charge in [-0.05, 0) is 30.7 Å². The Kier molecular flexibility index (Phi) is 4.17. The van der Waals surface area contributed by atoms with Gasteiger partial charge in [0.25, 0.3) is 5.56 Å². The molecule has 2 aromatic rings. The van der Waals surface area contributed by atoms with Crippen LogP contribution in [0.1, 0.15) is 16.7 Å². The molecule has 0 aliphatic heterocycles. The Bertz CT molecular complexity index is 690. The summed E-state index contributed by atoms with van der Waals surface area (Å²) in [5.41, 5.74) is 8.12. The zero-order chi connectivity index (χ0) is 13.7. The first-order chi connectivity index (χ1) is 9.20. The largest absolute Gasteiger partial charge is 0.320 e. The third-order valence-electron chi connectivity index (χ3n) is 2.83. The molecule has 1 aromatic carbocycles. The molecule has 2 N–H and O–H groups in total. The standard InChI is InChI=1S/C16H16N2O/c1-13-5-4-10-18(16(13)19)12-15-7-2-6-14(11-15)8-3-9-17/h2,4-7,10-11H,9,12,17H2,1H3. The molecule has 0 radical (unpaired) electrons. The zero-order valence-corrected chi connectivity index (χ0v) is 10.9. The van der Waals surface area contributed by atoms with Crippen LogP contribution in [0, 0.1) is 18.8 Å². The Hall–Kier alpha value is -2.31. The van der Waals surface area contributed by atoms with E-state index in [0.717, 1.165) is 16.7 Å². The lowest BCUT2D eigenvalue weighted by molar-refractivity contribution is 0.752. The lowest BCUT2D eigenvalue weighted by Gasteiger charge is -2.06. The van der Waals surface area contributed by atoms with Crippen molar-refractivity contribution < 1.29 is 0 Å². The second-order valence-electron chi connectivity index (χ2n) is 4.33. The van der Waals surface area contributed by atoms with E-state index in [0.29, 0.717) is 13.1 Å². The molecule has 0 aliphatic carbocycles. The highest BCUT2D eigenvalue weighted by atomic mass is 16.1. The van der Waals surface area contributed by atoms with Gasteiger partial charge in [-0.15, -0.1) is 0 Å². The van der Waals surface area contributed by atoms with Gasteiger partial charge in [-0.3, -0.25) is 4.79 Å². The van der Waals surface area contributed by atoms with Gasteiger partial charge in [0.05, 0.1) is 13.1 Å². The van der Waals surface area contributed by atoms with Gasteiger partial charge in [0.1, 0.15) is 0 Å². The van der Waals surface area contributed by atoms with E-state index < -0.39 is 0 Å². The Labute approximate surface area is 112 Å². The van der Waals surface area contributed by atoms with E-state index >= 15 is 0 Å². The lowest BCUT2D eigenvalue weighted by atomic mass is 10.1. The van der Waals surface area contributed by atoms with Gasteiger partial charge in [-0.2, -0.15) is 0 Å². The number of hydrogen-bond donors (Lipinski definition) is 1. The van der Waals surface area contributed by atoms with Crippen molar-refractivity contribution in [2.45, 2.75) is 13.5 Å². The van der Waals surface area contributed by atoms with E-state index in [1.807, 2.05) is 43.3 Å². The first-order valence-electron chi connectivity index (χ1n) is 6.14. The minimum absolute atomic E-state index is 0.0425. The molecular weight excluding hydrogens is 236 g/mol. The maximum absolute atomic E-state index is 11.9. The molecule has 0 amide bonds. The number of aromatic nitrogens is 1. The molecule has 0 fully saturated rings. The van der Waals surface area contributed by atoms with Gasteiger partial charge in [-0.1, -0.05) is 30.0 Å². The van der Waals surface area contributed by atoms with Crippen molar-refractivity contribution in [3.8, 4) is 11.8 Å². The molecular formula is C16H16N2O. The number of nitrogens with two attached hydrogens (primary N) is 1. The van der Waals surface area contributed by atoms with Crippen LogP contribution in [0.15, 0.2) is 47.4 Å². The summed E-state index contributed by atoms with van der Waals surface area (Å²) in [6, 6.07) is 11.6. The second kappa shape index (κ2) is 6.03. The number of pyridine rings is 1. The van der Waals surface area contributed by atoms with E-state index in [1.54, 1.807) is 10.8 Å². The molecule has 96 valence electrons. The molecule has 0 spiro atoms. The molecule has 0 aliphatic rings. The van der Waals surface area contributed by atoms with Crippen LogP contribution in [0.5, 0.6) is 0 Å². The Balaban J connectivity index is 2.29. The minimum atomic E-state index is 0.0425. The zero-order valence-electron chi connectivity index (χ0n) is 10.9. The fraction of sp³-hybridized carbons (Fsp3) is 0.188. The monoisotopic (exact) mass is 252 g/mol. The molecule has 1 aromatic heterocycles. The van der Waals surface area contributed by atoms with Gasteiger partial charge < -0.3 is 10.3 Å². The van der Waals surface area contributed by atoms with Crippen LogP contribution in [0.3, 0.4) is 0 Å². The summed E-state index contributed by atoms with van der Waals surface area (Å²) in [5.74, 6) is 5.82. The van der Waals surface area contributed by atoms with Crippen molar-refractivity contribution in [3.05, 3.63) is 69.6 Å². The molecule has 0 atom stereocenters. The maximum Gasteiger partial charge on any atom is 0.253 e. The summed E-state index contributed by atoms with van der Waals surface area (Å²) >= 11 is 0. The number of rotatable bonds is 2. The maximum atomic E-state index is 11.9. The van der Waals surface area contributed by atoms with E-state index in [2.05, 4.69) is 11.8 Å². The average molecular weight is 252 g/mol. The third kappa shape index (κ3) is 3.34. The van der Waals surface area contributed by atoms with Crippen molar-refractivity contribution in [2.24, 2.45) is 5.73 Å². The Morgan fingerprint density at radius 2 is 2.11 bits per heavy atom. The molecule has 19 heavy (non-hydrogen) atoms. The van der Waals surface area contributed by atoms with Crippen molar-refractivity contribution in [1.29, 1.82) is 0 Å². The molecule has 3 nitrogen and oxygen atoms in total. The molecule has 0 saturated carbocycles. The number of aryl methyl sites for hydroxylation is 1. The van der Waals surface area contributed by atoms with Crippen LogP contribution in [0.4, 0.5) is 0 Å². The number of benzene rings is 1. The smallest absolute Gasteiger partial charge is 0.253 e. The van der Waals surface area contributed by atoms with Crippen LogP contribution in [0.2, 0.25) is 0 Å². The highest BCUT2D eigenvalue weighted by Crippen LogP contribution is 2.05. The summed E-state index contributed by atoms with van der Waals surface area (Å²) in [7, 11) is 0. The predicted molar refractivity (Wildman–Crippen MR) is 76.9 cm³/mol. The van der Waals surface area contributed by atoms with Crippen LogP contribution in [0.25, 0.3) is 0 Å². The molecule has 0 saturated heterocycles. The molecule has 1 heterocycles. The first kappa shape index (κ1) is 13.1. The summed E-state index contributed by atoms with van der Waals surface area (Å²) in [6.07, 6.45) is 1.80. The second-order valence-corrected chi connectivity index (χ2v) is 4.33. The van der Waals surface area contributed by atoms with E-state index in [4.69, 9.17) is 5.73 Å². The number of hydrogen-bond acceptors (Lipinski definition) is 2. The van der Waals surface area contributed by atoms with Gasteiger partial charge in [0, 0.05) is 17.3 Å². The van der Waals surface area contributed by atoms with Crippen molar-refractivity contribution >= 4 is 0 Å². The van der Waals surface area contributed by atoms with Crippen LogP contribution >= 0.6 is 0 Å². The first-order valence-corrected chi connectivity index (χ1v) is 6.14. The molecule has 3 heteroatoms. The predicted octanol–water partition coefficient (Wildman–Crippen LogP) is 1.52. The van der Waals surface area contributed by atoms with Crippen LogP contribution in [-0.4, -0.2) is 11.1 Å². The quantitative estimate of drug-likeness (QED) is 0.824. The van der Waals surface area contributed by atoms with Gasteiger partial charge in [0.15, 0.2) is 0 Å². The topological polar surface area (TPSA) is 48.0 Å². The molecule has 2 rings (SSSR count). The normalized spacial score (nSPS) is 9.79. The molecule has 0 unspecified atom stereocenters. The van der Waals surface area contributed by atoms with Crippen molar-refractivity contribution in [3.63, 3.8) is 0 Å². The molecule has 0 bridgehead atoms. The van der Waals surface area contributed by atoms with Crippen LogP contribution in [-0.2, 0) is 6.54 Å². The van der Waals surface area contributed by atoms with Crippen molar-refractivity contribution in [1.82, 2.24) is 4.57 Å². The highest BCUT2D eigenvalue weighted by molar-refractivity contribution is 5.37. The van der Waals surface area contributed by atoms with Gasteiger partial charge >= 0.3 is 0 Å². The van der Waals surface area contributed by atoms with Crippen LogP contribution < -0.4 is 11.3 Å². The fourth-order valence-corrected chi connectivity index (χ4v) is 1.88. The lowest BCUT2D eigenvalue weighted by Crippen LogP contribution is -2.21. The van der Waals surface area contributed by atoms with E-state index in [1.165, 1.54) is 0 Å². The van der Waals surface area contributed by atoms with Gasteiger partial charge in [-0.25, -0.2) is 0 Å². The number of nitrogens with zero attached hydrogens (tertiary/aromatic N) is 1. The Morgan fingerprint density at radius 3 is 2.89 bits per heavy atom. The summed E-state index contributed by atoms with van der Waals surface area (Å²) in [5, 5.41) is 0. The highest BCUT2D eigenvalue weighted by Gasteiger charge is 2.00. The average Bonchev–Trinajstić information content (AvgIpc) is 2.42. The summed E-state index contributed by atoms with van der Waals surface area (Å²) in [4.78, 5) is 11.9. The van der Waals surface area contributed by atoms with E-state index in [9.17, 15) is 4.79 Å². The summed E-state index contributed by atoms with van der Waals surface area (Å²) in [6.45, 7) is 2.72. The SMILES string of the molecule is Cc1cccn(Cc2cccc(C#CCN)c2)c1=O. The Morgan fingerprint density at radius 1 is 1.26 bits per heavy atom. The summed E-state index contributed by atoms with van der Waals surface area (Å²) < 4.78 is 1.70. The minimum Gasteiger partial charge on any atom is -0.320 e. The van der Waals surface area contributed by atoms with E-state index in [-0.39, 0.29) is 5.56 Å².